The Kier molecular flexibility index (Phi) is 33.8. The van der Waals surface area contributed by atoms with E-state index in [0.29, 0.717) is 12.8 Å². The Morgan fingerprint density at radius 3 is 1.33 bits per heavy atom. The van der Waals surface area contributed by atoms with Gasteiger partial charge in [0.05, 0.1) is 26.4 Å². The van der Waals surface area contributed by atoms with Crippen LogP contribution in [-0.2, 0) is 32.7 Å². The predicted molar refractivity (Wildman–Crippen MR) is 196 cm³/mol. The summed E-state index contributed by atoms with van der Waals surface area (Å²) in [4.78, 5) is 34.3. The molecule has 10 nitrogen and oxygen atoms in total. The first kappa shape index (κ1) is 47.4. The van der Waals surface area contributed by atoms with E-state index in [1.165, 1.54) is 64.2 Å². The third kappa shape index (κ3) is 33.4. The van der Waals surface area contributed by atoms with Crippen molar-refractivity contribution in [1.82, 2.24) is 0 Å². The van der Waals surface area contributed by atoms with Gasteiger partial charge in [-0.25, -0.2) is 4.57 Å². The molecule has 11 heteroatoms. The third-order valence-corrected chi connectivity index (χ3v) is 9.12. The van der Waals surface area contributed by atoms with Crippen LogP contribution in [0.3, 0.4) is 0 Å². The number of allylic oxidation sites excluding steroid dienone is 4. The van der Waals surface area contributed by atoms with E-state index in [1.54, 1.807) is 0 Å². The highest BCUT2D eigenvalue weighted by atomic mass is 31.2. The van der Waals surface area contributed by atoms with Crippen molar-refractivity contribution in [3.05, 3.63) is 24.3 Å². The second-order valence-electron chi connectivity index (χ2n) is 12.9. The van der Waals surface area contributed by atoms with Crippen LogP contribution in [0.5, 0.6) is 0 Å². The van der Waals surface area contributed by atoms with Crippen molar-refractivity contribution in [2.24, 2.45) is 0 Å². The number of aliphatic hydroxyl groups is 2. The standard InChI is InChI=1S/C38H71O10P/c1-3-5-7-9-11-13-15-17-18-20-22-24-26-28-30-38(42)48-36(32-40)34-46-49(43,44)45-33-35(31-39)47-37(41)29-27-25-23-21-19-16-14-12-10-8-6-4-2/h9,11,15,17,35-36,39-40H,3-8,10,12-14,16,18-34H2,1-2H3,(H,43,44)/b11-9-,17-15-. The van der Waals surface area contributed by atoms with Gasteiger partial charge in [0.15, 0.2) is 0 Å². The topological polar surface area (TPSA) is 149 Å². The van der Waals surface area contributed by atoms with Crippen LogP contribution in [-0.4, -0.2) is 65.7 Å². The number of hydrogen-bond donors (Lipinski definition) is 3. The molecule has 0 aromatic heterocycles. The lowest BCUT2D eigenvalue weighted by Crippen LogP contribution is -2.28. The molecule has 0 aliphatic heterocycles. The van der Waals surface area contributed by atoms with Gasteiger partial charge in [0.1, 0.15) is 12.2 Å². The average molecular weight is 719 g/mol. The lowest BCUT2D eigenvalue weighted by atomic mass is 10.0. The third-order valence-electron chi connectivity index (χ3n) is 8.17. The van der Waals surface area contributed by atoms with Gasteiger partial charge in [0.25, 0.3) is 0 Å². The second-order valence-corrected chi connectivity index (χ2v) is 14.4. The van der Waals surface area contributed by atoms with Gasteiger partial charge in [-0.05, 0) is 38.5 Å². The summed E-state index contributed by atoms with van der Waals surface area (Å²) in [6.07, 6.45) is 31.5. The van der Waals surface area contributed by atoms with E-state index in [2.05, 4.69) is 38.2 Å². The summed E-state index contributed by atoms with van der Waals surface area (Å²) in [6, 6.07) is 0. The number of unbranched alkanes of at least 4 members (excludes halogenated alkanes) is 18. The first-order chi connectivity index (χ1) is 23.8. The molecule has 0 fully saturated rings. The summed E-state index contributed by atoms with van der Waals surface area (Å²) in [5, 5.41) is 19.1. The zero-order valence-corrected chi connectivity index (χ0v) is 31.8. The van der Waals surface area contributed by atoms with E-state index < -0.39 is 58.4 Å². The van der Waals surface area contributed by atoms with Crippen molar-refractivity contribution in [3.8, 4) is 0 Å². The molecule has 0 saturated carbocycles. The minimum atomic E-state index is -4.63. The van der Waals surface area contributed by atoms with Gasteiger partial charge in [-0.1, -0.05) is 141 Å². The van der Waals surface area contributed by atoms with Crippen LogP contribution >= 0.6 is 7.82 Å². The normalized spacial score (nSPS) is 14.3. The van der Waals surface area contributed by atoms with Gasteiger partial charge >= 0.3 is 19.8 Å². The van der Waals surface area contributed by atoms with Crippen LogP contribution in [0.25, 0.3) is 0 Å². The number of rotatable bonds is 36. The van der Waals surface area contributed by atoms with Crippen LogP contribution in [0.2, 0.25) is 0 Å². The molecular weight excluding hydrogens is 647 g/mol. The zero-order valence-electron chi connectivity index (χ0n) is 30.9. The van der Waals surface area contributed by atoms with Crippen LogP contribution in [0.15, 0.2) is 24.3 Å². The van der Waals surface area contributed by atoms with E-state index in [0.717, 1.165) is 64.2 Å². The molecule has 0 aromatic carbocycles. The maximum absolute atomic E-state index is 12.3. The lowest BCUT2D eigenvalue weighted by molar-refractivity contribution is -0.153. The fraction of sp³-hybridized carbons (Fsp3) is 0.842. The van der Waals surface area contributed by atoms with Gasteiger partial charge in [-0.15, -0.1) is 0 Å². The summed E-state index contributed by atoms with van der Waals surface area (Å²) in [6.45, 7) is 2.13. The van der Waals surface area contributed by atoms with E-state index in [9.17, 15) is 29.3 Å². The Hall–Kier alpha value is -1.55. The number of aliphatic hydroxyl groups excluding tert-OH is 2. The monoisotopic (exact) mass is 718 g/mol. The quantitative estimate of drug-likeness (QED) is 0.0248. The van der Waals surface area contributed by atoms with Crippen molar-refractivity contribution >= 4 is 19.8 Å². The van der Waals surface area contributed by atoms with Crippen molar-refractivity contribution in [1.29, 1.82) is 0 Å². The van der Waals surface area contributed by atoms with E-state index in [-0.39, 0.29) is 12.8 Å². The minimum absolute atomic E-state index is 0.177. The first-order valence-corrected chi connectivity index (χ1v) is 20.8. The van der Waals surface area contributed by atoms with Crippen molar-refractivity contribution in [2.75, 3.05) is 26.4 Å². The Balaban J connectivity index is 4.00. The number of phosphoric acid groups is 1. The van der Waals surface area contributed by atoms with Crippen LogP contribution in [0.1, 0.15) is 168 Å². The number of esters is 2. The molecule has 3 N–H and O–H groups in total. The first-order valence-electron chi connectivity index (χ1n) is 19.3. The van der Waals surface area contributed by atoms with Crippen molar-refractivity contribution in [2.45, 2.75) is 180 Å². The van der Waals surface area contributed by atoms with Gasteiger partial charge in [0, 0.05) is 12.8 Å². The number of carbonyl (C=O) groups excluding carboxylic acids is 2. The van der Waals surface area contributed by atoms with E-state index in [1.807, 2.05) is 0 Å². The van der Waals surface area contributed by atoms with Gasteiger partial charge in [0.2, 0.25) is 0 Å². The highest BCUT2D eigenvalue weighted by Gasteiger charge is 2.27. The van der Waals surface area contributed by atoms with Gasteiger partial charge in [-0.3, -0.25) is 18.6 Å². The summed E-state index contributed by atoms with van der Waals surface area (Å²) in [7, 11) is -4.63. The van der Waals surface area contributed by atoms with E-state index >= 15 is 0 Å². The maximum Gasteiger partial charge on any atom is 0.472 e. The fourth-order valence-corrected chi connectivity index (χ4v) is 5.91. The molecule has 3 unspecified atom stereocenters. The maximum atomic E-state index is 12.3. The SMILES string of the molecule is CCCC/C=C\C/C=C\CCCCCCCC(=O)OC(CO)COP(=O)(O)OCC(CO)OC(=O)CCCCCCCCCCCCCC. The summed E-state index contributed by atoms with van der Waals surface area (Å²) in [5.74, 6) is -1.03. The molecule has 0 saturated heterocycles. The predicted octanol–water partition coefficient (Wildman–Crippen LogP) is 9.44. The van der Waals surface area contributed by atoms with Crippen LogP contribution < -0.4 is 0 Å². The molecule has 49 heavy (non-hydrogen) atoms. The number of ether oxygens (including phenoxy) is 2. The molecule has 3 atom stereocenters. The summed E-state index contributed by atoms with van der Waals surface area (Å²) in [5.41, 5.74) is 0. The Morgan fingerprint density at radius 2 is 0.918 bits per heavy atom. The number of hydrogen-bond acceptors (Lipinski definition) is 9. The van der Waals surface area contributed by atoms with Crippen molar-refractivity contribution in [3.63, 3.8) is 0 Å². The molecule has 0 radical (unpaired) electrons. The van der Waals surface area contributed by atoms with Gasteiger partial charge < -0.3 is 24.6 Å². The summed E-state index contributed by atoms with van der Waals surface area (Å²) < 4.78 is 32.4. The molecule has 0 heterocycles. The lowest BCUT2D eigenvalue weighted by Gasteiger charge is -2.20. The van der Waals surface area contributed by atoms with Crippen molar-refractivity contribution < 1.29 is 47.8 Å². The molecule has 0 aliphatic rings. The van der Waals surface area contributed by atoms with Gasteiger partial charge in [-0.2, -0.15) is 0 Å². The molecular formula is C38H71O10P. The smallest absolute Gasteiger partial charge is 0.457 e. The molecule has 288 valence electrons. The molecule has 0 bridgehead atoms. The second kappa shape index (κ2) is 34.9. The zero-order chi connectivity index (χ0) is 36.3. The molecule has 0 aliphatic carbocycles. The number of carbonyl (C=O) groups is 2. The Labute approximate surface area is 298 Å². The molecule has 0 rings (SSSR count). The number of phosphoric ester groups is 1. The Bertz CT molecular complexity index is 879. The highest BCUT2D eigenvalue weighted by molar-refractivity contribution is 7.47. The van der Waals surface area contributed by atoms with Crippen LogP contribution in [0.4, 0.5) is 0 Å². The highest BCUT2D eigenvalue weighted by Crippen LogP contribution is 2.43. The molecule has 0 aromatic rings. The Morgan fingerprint density at radius 1 is 0.551 bits per heavy atom. The molecule has 0 spiro atoms. The minimum Gasteiger partial charge on any atom is -0.457 e. The van der Waals surface area contributed by atoms with E-state index in [4.69, 9.17) is 18.5 Å². The fourth-order valence-electron chi connectivity index (χ4n) is 5.13. The largest absolute Gasteiger partial charge is 0.472 e. The average Bonchev–Trinajstić information content (AvgIpc) is 3.09. The molecule has 0 amide bonds. The summed E-state index contributed by atoms with van der Waals surface area (Å²) >= 11 is 0. The van der Waals surface area contributed by atoms with Crippen LogP contribution in [0, 0.1) is 0 Å².